The molecule has 0 heterocycles. The molecule has 0 saturated heterocycles. The van der Waals surface area contributed by atoms with Crippen molar-refractivity contribution in [2.45, 2.75) is 32.8 Å². The van der Waals surface area contributed by atoms with E-state index in [1.54, 1.807) is 0 Å². The molecule has 14 heavy (non-hydrogen) atoms. The summed E-state index contributed by atoms with van der Waals surface area (Å²) in [4.78, 5) is 22.3. The number of hydrogen-bond donors (Lipinski definition) is 0. The van der Waals surface area contributed by atoms with Gasteiger partial charge in [-0.15, -0.1) is 0 Å². The third-order valence-electron chi connectivity index (χ3n) is 2.21. The van der Waals surface area contributed by atoms with E-state index in [4.69, 9.17) is 9.47 Å². The lowest BCUT2D eigenvalue weighted by Gasteiger charge is -2.08. The molecule has 0 aliphatic heterocycles. The normalized spacial score (nSPS) is 21.4. The van der Waals surface area contributed by atoms with Crippen LogP contribution in [0, 0.1) is 0 Å². The van der Waals surface area contributed by atoms with Gasteiger partial charge in [0, 0.05) is 13.3 Å². The molecule has 0 spiro atoms. The Kier molecular flexibility index (Phi) is 3.28. The van der Waals surface area contributed by atoms with Crippen molar-refractivity contribution in [2.75, 3.05) is 7.11 Å². The second kappa shape index (κ2) is 4.26. The second-order valence-electron chi connectivity index (χ2n) is 3.16. The van der Waals surface area contributed by atoms with Gasteiger partial charge < -0.3 is 9.47 Å². The highest BCUT2D eigenvalue weighted by Gasteiger charge is 2.35. The lowest BCUT2D eigenvalue weighted by Crippen LogP contribution is -2.23. The summed E-state index contributed by atoms with van der Waals surface area (Å²) in [5.41, 5.74) is 0.920. The Hall–Kier alpha value is -1.32. The molecule has 1 aliphatic rings. The van der Waals surface area contributed by atoms with Crippen molar-refractivity contribution in [1.29, 1.82) is 0 Å². The van der Waals surface area contributed by atoms with Gasteiger partial charge in [0.15, 0.2) is 11.9 Å². The highest BCUT2D eigenvalue weighted by atomic mass is 16.5. The fourth-order valence-electron chi connectivity index (χ4n) is 1.57. The molecule has 0 saturated carbocycles. The van der Waals surface area contributed by atoms with Gasteiger partial charge in [-0.3, -0.25) is 9.59 Å². The molecule has 0 fully saturated rings. The number of esters is 1. The highest BCUT2D eigenvalue weighted by molar-refractivity contribution is 6.01. The average Bonchev–Trinajstić information content (AvgIpc) is 2.42. The van der Waals surface area contributed by atoms with Gasteiger partial charge in [0.25, 0.3) is 0 Å². The third-order valence-corrected chi connectivity index (χ3v) is 2.21. The van der Waals surface area contributed by atoms with Crippen LogP contribution in [-0.2, 0) is 19.1 Å². The Balaban J connectivity index is 2.76. The van der Waals surface area contributed by atoms with E-state index in [1.165, 1.54) is 14.0 Å². The van der Waals surface area contributed by atoms with Crippen molar-refractivity contribution in [3.05, 3.63) is 11.3 Å². The number of ketones is 1. The smallest absolute Gasteiger partial charge is 0.303 e. The first-order valence-electron chi connectivity index (χ1n) is 4.57. The summed E-state index contributed by atoms with van der Waals surface area (Å²) >= 11 is 0. The standard InChI is InChI=1S/C10H14O4/c1-4-7-5-8(14-6(2)11)9(12)10(7)13-3/h8H,4-5H2,1-3H3. The maximum Gasteiger partial charge on any atom is 0.303 e. The number of carbonyl (C=O) groups excluding carboxylic acids is 2. The van der Waals surface area contributed by atoms with Crippen LogP contribution >= 0.6 is 0 Å². The van der Waals surface area contributed by atoms with Crippen molar-refractivity contribution in [1.82, 2.24) is 0 Å². The minimum atomic E-state index is -0.669. The number of Topliss-reactive ketones (excluding diaryl/α,β-unsaturated/α-hetero) is 1. The van der Waals surface area contributed by atoms with E-state index in [0.29, 0.717) is 12.2 Å². The SMILES string of the molecule is CCC1=C(OC)C(=O)C(OC(C)=O)C1. The fourth-order valence-corrected chi connectivity index (χ4v) is 1.57. The Labute approximate surface area is 82.9 Å². The van der Waals surface area contributed by atoms with Crippen molar-refractivity contribution < 1.29 is 19.1 Å². The minimum absolute atomic E-state index is 0.223. The highest BCUT2D eigenvalue weighted by Crippen LogP contribution is 2.28. The summed E-state index contributed by atoms with van der Waals surface area (Å²) in [5.74, 6) is -0.297. The van der Waals surface area contributed by atoms with Gasteiger partial charge in [-0.2, -0.15) is 0 Å². The van der Waals surface area contributed by atoms with Crippen molar-refractivity contribution >= 4 is 11.8 Å². The van der Waals surface area contributed by atoms with E-state index in [1.807, 2.05) is 6.92 Å². The molecule has 78 valence electrons. The van der Waals surface area contributed by atoms with Gasteiger partial charge >= 0.3 is 5.97 Å². The topological polar surface area (TPSA) is 52.6 Å². The summed E-state index contributed by atoms with van der Waals surface area (Å²) in [6.07, 6.45) is 0.544. The third kappa shape index (κ3) is 1.95. The van der Waals surface area contributed by atoms with Crippen LogP contribution in [0.4, 0.5) is 0 Å². The predicted molar refractivity (Wildman–Crippen MR) is 49.5 cm³/mol. The van der Waals surface area contributed by atoms with Crippen molar-refractivity contribution in [3.8, 4) is 0 Å². The van der Waals surface area contributed by atoms with Crippen LogP contribution in [0.25, 0.3) is 0 Å². The van der Waals surface area contributed by atoms with Gasteiger partial charge in [-0.1, -0.05) is 6.92 Å². The summed E-state index contributed by atoms with van der Waals surface area (Å²) in [6.45, 7) is 3.24. The molecule has 4 heteroatoms. The van der Waals surface area contributed by atoms with Crippen molar-refractivity contribution in [2.24, 2.45) is 0 Å². The molecule has 1 atom stereocenters. The first kappa shape index (κ1) is 10.8. The zero-order chi connectivity index (χ0) is 10.7. The Morgan fingerprint density at radius 2 is 2.21 bits per heavy atom. The quantitative estimate of drug-likeness (QED) is 0.639. The monoisotopic (exact) mass is 198 g/mol. The molecular formula is C10H14O4. The van der Waals surface area contributed by atoms with Crippen molar-refractivity contribution in [3.63, 3.8) is 0 Å². The summed E-state index contributed by atoms with van der Waals surface area (Å²) < 4.78 is 9.85. The zero-order valence-electron chi connectivity index (χ0n) is 8.62. The molecule has 1 unspecified atom stereocenters. The first-order chi connectivity index (χ1) is 6.60. The molecule has 0 amide bonds. The fraction of sp³-hybridized carbons (Fsp3) is 0.600. The van der Waals surface area contributed by atoms with Crippen LogP contribution in [0.2, 0.25) is 0 Å². The van der Waals surface area contributed by atoms with E-state index in [9.17, 15) is 9.59 Å². The van der Waals surface area contributed by atoms with E-state index in [-0.39, 0.29) is 5.78 Å². The van der Waals surface area contributed by atoms with E-state index < -0.39 is 12.1 Å². The van der Waals surface area contributed by atoms with Crippen LogP contribution in [0.15, 0.2) is 11.3 Å². The maximum atomic E-state index is 11.6. The van der Waals surface area contributed by atoms with Crippen LogP contribution in [-0.4, -0.2) is 25.0 Å². The number of rotatable bonds is 3. The molecule has 0 radical (unpaired) electrons. The Morgan fingerprint density at radius 1 is 1.57 bits per heavy atom. The molecule has 0 aromatic carbocycles. The molecule has 1 rings (SSSR count). The van der Waals surface area contributed by atoms with Crippen LogP contribution in [0.1, 0.15) is 26.7 Å². The molecule has 0 aromatic heterocycles. The molecule has 0 aromatic rings. The van der Waals surface area contributed by atoms with Gasteiger partial charge in [0.2, 0.25) is 5.78 Å². The maximum absolute atomic E-state index is 11.6. The number of methoxy groups -OCH3 is 1. The van der Waals surface area contributed by atoms with Gasteiger partial charge in [-0.05, 0) is 12.0 Å². The number of hydrogen-bond acceptors (Lipinski definition) is 4. The summed E-state index contributed by atoms with van der Waals surface area (Å²) in [6, 6.07) is 0. The largest absolute Gasteiger partial charge is 0.493 e. The summed E-state index contributed by atoms with van der Waals surface area (Å²) in [5, 5.41) is 0. The zero-order valence-corrected chi connectivity index (χ0v) is 8.62. The number of carbonyl (C=O) groups is 2. The van der Waals surface area contributed by atoms with E-state index >= 15 is 0 Å². The average molecular weight is 198 g/mol. The molecule has 0 N–H and O–H groups in total. The molecule has 4 nitrogen and oxygen atoms in total. The van der Waals surface area contributed by atoms with E-state index in [0.717, 1.165) is 12.0 Å². The Morgan fingerprint density at radius 3 is 2.57 bits per heavy atom. The molecule has 1 aliphatic carbocycles. The second-order valence-corrected chi connectivity index (χ2v) is 3.16. The van der Waals surface area contributed by atoms with Crippen LogP contribution in [0.5, 0.6) is 0 Å². The minimum Gasteiger partial charge on any atom is -0.493 e. The Bertz CT molecular complexity index is 290. The summed E-state index contributed by atoms with van der Waals surface area (Å²) in [7, 11) is 1.46. The van der Waals surface area contributed by atoms with E-state index in [2.05, 4.69) is 0 Å². The van der Waals surface area contributed by atoms with Crippen LogP contribution < -0.4 is 0 Å². The first-order valence-corrected chi connectivity index (χ1v) is 4.57. The van der Waals surface area contributed by atoms with Gasteiger partial charge in [0.05, 0.1) is 7.11 Å². The molecule has 0 bridgehead atoms. The van der Waals surface area contributed by atoms with Crippen LogP contribution in [0.3, 0.4) is 0 Å². The number of ether oxygens (including phenoxy) is 2. The lowest BCUT2D eigenvalue weighted by molar-refractivity contribution is -0.151. The lowest BCUT2D eigenvalue weighted by atomic mass is 10.2. The van der Waals surface area contributed by atoms with Gasteiger partial charge in [-0.25, -0.2) is 0 Å². The van der Waals surface area contributed by atoms with Gasteiger partial charge in [0.1, 0.15) is 0 Å². The predicted octanol–water partition coefficient (Wildman–Crippen LogP) is 1.20. The molecular weight excluding hydrogens is 184 g/mol.